The summed E-state index contributed by atoms with van der Waals surface area (Å²) in [6, 6.07) is -0.683. The number of rotatable bonds is 4. The van der Waals surface area contributed by atoms with Gasteiger partial charge in [0.25, 0.3) is 0 Å². The summed E-state index contributed by atoms with van der Waals surface area (Å²) in [6.07, 6.45) is 0.336. The molecular formula is C8H13NO4S2. The Balaban J connectivity index is 2.74. The number of aliphatic carboxylic acids is 2. The van der Waals surface area contributed by atoms with E-state index in [2.05, 4.69) is 17.9 Å². The lowest BCUT2D eigenvalue weighted by atomic mass is 10.1. The summed E-state index contributed by atoms with van der Waals surface area (Å²) >= 11 is 5.43. The maximum Gasteiger partial charge on any atom is 0.322 e. The van der Waals surface area contributed by atoms with Crippen molar-refractivity contribution in [1.82, 2.24) is 5.32 Å². The van der Waals surface area contributed by atoms with Crippen LogP contribution >= 0.6 is 24.4 Å². The lowest BCUT2D eigenvalue weighted by molar-refractivity contribution is -0.142. The number of nitrogens with one attached hydrogen (secondary N) is 1. The third-order valence-electron chi connectivity index (χ3n) is 2.42. The molecule has 0 aromatic heterocycles. The van der Waals surface area contributed by atoms with Crippen molar-refractivity contribution in [2.45, 2.75) is 29.5 Å². The van der Waals surface area contributed by atoms with Gasteiger partial charge in [-0.15, -0.1) is 11.8 Å². The van der Waals surface area contributed by atoms with E-state index in [1.807, 2.05) is 0 Å². The quantitative estimate of drug-likeness (QED) is 0.536. The van der Waals surface area contributed by atoms with Crippen molar-refractivity contribution in [2.75, 3.05) is 5.75 Å². The fourth-order valence-electron chi connectivity index (χ4n) is 1.34. The summed E-state index contributed by atoms with van der Waals surface area (Å²) < 4.78 is -1.21. The highest BCUT2D eigenvalue weighted by Crippen LogP contribution is 2.35. The van der Waals surface area contributed by atoms with Crippen molar-refractivity contribution in [3.05, 3.63) is 0 Å². The summed E-state index contributed by atoms with van der Waals surface area (Å²) in [5.41, 5.74) is 0. The summed E-state index contributed by atoms with van der Waals surface area (Å²) in [7, 11) is 0. The minimum absolute atomic E-state index is 0.336. The standard InChI is InChI=1S/C8H13NO4S2/c1-2-8(14,7(12)13)6-9-4(3-15-6)5(10)11/h4,6,9,14H,2-3H2,1H3,(H,10,11)(H,12,13). The van der Waals surface area contributed by atoms with E-state index in [1.54, 1.807) is 6.92 Å². The van der Waals surface area contributed by atoms with E-state index in [0.29, 0.717) is 12.2 Å². The molecule has 1 aliphatic rings. The van der Waals surface area contributed by atoms with Crippen LogP contribution in [0.5, 0.6) is 0 Å². The predicted octanol–water partition coefficient (Wildman–Crippen LogP) is 0.265. The van der Waals surface area contributed by atoms with Crippen LogP contribution in [-0.2, 0) is 9.59 Å². The minimum atomic E-state index is -1.21. The Bertz CT molecular complexity index is 286. The Morgan fingerprint density at radius 2 is 2.20 bits per heavy atom. The second-order valence-corrected chi connectivity index (χ2v) is 5.29. The molecule has 0 aromatic rings. The molecule has 3 N–H and O–H groups in total. The number of carboxylic acids is 2. The van der Waals surface area contributed by atoms with Crippen molar-refractivity contribution in [3.63, 3.8) is 0 Å². The Morgan fingerprint density at radius 1 is 1.60 bits per heavy atom. The maximum atomic E-state index is 11.0. The largest absolute Gasteiger partial charge is 0.480 e. The number of thioether (sulfide) groups is 1. The Hall–Kier alpha value is -0.400. The second-order valence-electron chi connectivity index (χ2n) is 3.35. The maximum absolute atomic E-state index is 11.0. The number of hydrogen-bond acceptors (Lipinski definition) is 5. The van der Waals surface area contributed by atoms with Gasteiger partial charge >= 0.3 is 11.9 Å². The monoisotopic (exact) mass is 251 g/mol. The molecular weight excluding hydrogens is 238 g/mol. The highest BCUT2D eigenvalue weighted by molar-refractivity contribution is 8.01. The predicted molar refractivity (Wildman–Crippen MR) is 60.4 cm³/mol. The molecule has 1 heterocycles. The van der Waals surface area contributed by atoms with Crippen LogP contribution in [0, 0.1) is 0 Å². The number of carboxylic acid groups (broad SMARTS) is 2. The average molecular weight is 251 g/mol. The van der Waals surface area contributed by atoms with Gasteiger partial charge in [0.15, 0.2) is 0 Å². The molecule has 5 nitrogen and oxygen atoms in total. The van der Waals surface area contributed by atoms with Crippen molar-refractivity contribution in [3.8, 4) is 0 Å². The molecule has 0 spiro atoms. The highest BCUT2D eigenvalue weighted by Gasteiger charge is 2.46. The van der Waals surface area contributed by atoms with Gasteiger partial charge in [-0.2, -0.15) is 12.6 Å². The Kier molecular flexibility index (Phi) is 3.91. The fourth-order valence-corrected chi connectivity index (χ4v) is 3.06. The molecule has 3 atom stereocenters. The first kappa shape index (κ1) is 12.7. The Labute approximate surface area is 97.0 Å². The third kappa shape index (κ3) is 2.40. The lowest BCUT2D eigenvalue weighted by Gasteiger charge is -2.28. The van der Waals surface area contributed by atoms with Crippen LogP contribution in [-0.4, -0.2) is 44.1 Å². The van der Waals surface area contributed by atoms with Crippen molar-refractivity contribution < 1.29 is 19.8 Å². The van der Waals surface area contributed by atoms with Crippen molar-refractivity contribution >= 4 is 36.3 Å². The molecule has 1 saturated heterocycles. The van der Waals surface area contributed by atoms with Crippen molar-refractivity contribution in [2.24, 2.45) is 0 Å². The molecule has 1 aliphatic heterocycles. The minimum Gasteiger partial charge on any atom is -0.480 e. The van der Waals surface area contributed by atoms with E-state index in [1.165, 1.54) is 11.8 Å². The fraction of sp³-hybridized carbons (Fsp3) is 0.750. The van der Waals surface area contributed by atoms with Crippen LogP contribution < -0.4 is 5.32 Å². The van der Waals surface area contributed by atoms with Gasteiger partial charge < -0.3 is 10.2 Å². The van der Waals surface area contributed by atoms with Crippen LogP contribution in [0.3, 0.4) is 0 Å². The third-order valence-corrected chi connectivity index (χ3v) is 4.76. The zero-order valence-corrected chi connectivity index (χ0v) is 9.85. The van der Waals surface area contributed by atoms with Gasteiger partial charge in [0, 0.05) is 5.75 Å². The molecule has 0 bridgehead atoms. The molecule has 0 aromatic carbocycles. The van der Waals surface area contributed by atoms with E-state index in [4.69, 9.17) is 10.2 Å². The number of hydrogen-bond donors (Lipinski definition) is 4. The van der Waals surface area contributed by atoms with Crippen LogP contribution in [0.25, 0.3) is 0 Å². The molecule has 3 unspecified atom stereocenters. The van der Waals surface area contributed by atoms with Crippen LogP contribution in [0.15, 0.2) is 0 Å². The molecule has 1 rings (SSSR count). The van der Waals surface area contributed by atoms with Gasteiger partial charge in [0.2, 0.25) is 0 Å². The van der Waals surface area contributed by atoms with E-state index in [-0.39, 0.29) is 0 Å². The van der Waals surface area contributed by atoms with Crippen LogP contribution in [0.2, 0.25) is 0 Å². The van der Waals surface area contributed by atoms with Gasteiger partial charge in [0.1, 0.15) is 10.8 Å². The topological polar surface area (TPSA) is 86.6 Å². The summed E-state index contributed by atoms with van der Waals surface area (Å²) in [6.45, 7) is 1.72. The SMILES string of the molecule is CCC(S)(C(=O)O)C1NC(C(=O)O)CS1. The first-order valence-corrected chi connectivity index (χ1v) is 5.97. The molecule has 15 heavy (non-hydrogen) atoms. The Morgan fingerprint density at radius 3 is 2.53 bits per heavy atom. The summed E-state index contributed by atoms with van der Waals surface area (Å²) in [4.78, 5) is 21.7. The smallest absolute Gasteiger partial charge is 0.322 e. The van der Waals surface area contributed by atoms with Gasteiger partial charge in [0.05, 0.1) is 5.37 Å². The van der Waals surface area contributed by atoms with Gasteiger partial charge in [-0.3, -0.25) is 14.9 Å². The second kappa shape index (κ2) is 4.63. The molecule has 0 aliphatic carbocycles. The first-order valence-electron chi connectivity index (χ1n) is 4.48. The summed E-state index contributed by atoms with van der Waals surface area (Å²) in [5, 5.41) is 20.1. The molecule has 0 saturated carbocycles. The highest BCUT2D eigenvalue weighted by atomic mass is 32.2. The van der Waals surface area contributed by atoms with Crippen LogP contribution in [0.1, 0.15) is 13.3 Å². The first-order chi connectivity index (χ1) is 6.91. The molecule has 86 valence electrons. The van der Waals surface area contributed by atoms with Crippen molar-refractivity contribution in [1.29, 1.82) is 0 Å². The molecule has 7 heteroatoms. The number of thiol groups is 1. The normalized spacial score (nSPS) is 29.7. The lowest BCUT2D eigenvalue weighted by Crippen LogP contribution is -2.50. The van der Waals surface area contributed by atoms with Gasteiger partial charge in [-0.1, -0.05) is 6.92 Å². The molecule has 0 radical (unpaired) electrons. The van der Waals surface area contributed by atoms with Gasteiger partial charge in [-0.05, 0) is 6.42 Å². The summed E-state index contributed by atoms with van der Waals surface area (Å²) in [5.74, 6) is -1.61. The van der Waals surface area contributed by atoms with E-state index in [0.717, 1.165) is 0 Å². The molecule has 0 amide bonds. The van der Waals surface area contributed by atoms with E-state index < -0.39 is 28.1 Å². The van der Waals surface area contributed by atoms with E-state index >= 15 is 0 Å². The average Bonchev–Trinajstić information content (AvgIpc) is 2.65. The van der Waals surface area contributed by atoms with Gasteiger partial charge in [-0.25, -0.2) is 0 Å². The zero-order valence-electron chi connectivity index (χ0n) is 8.14. The van der Waals surface area contributed by atoms with E-state index in [9.17, 15) is 9.59 Å². The zero-order chi connectivity index (χ0) is 11.6. The molecule has 1 fully saturated rings. The number of carbonyl (C=O) groups is 2. The van der Waals surface area contributed by atoms with Crippen LogP contribution in [0.4, 0.5) is 0 Å².